The predicted octanol–water partition coefficient (Wildman–Crippen LogP) is -2.60. The molecule has 0 aliphatic heterocycles. The number of hydrogen-bond acceptors (Lipinski definition) is 1. The minimum atomic E-state index is 0. The zero-order chi connectivity index (χ0) is 6.69. The molecule has 3 heteroatoms. The second kappa shape index (κ2) is 5.09. The van der Waals surface area contributed by atoms with E-state index in [2.05, 4.69) is 31.6 Å². The van der Waals surface area contributed by atoms with Gasteiger partial charge in [0.1, 0.15) is 6.54 Å². The summed E-state index contributed by atoms with van der Waals surface area (Å²) >= 11 is 1.83. The molecule has 10 heavy (non-hydrogen) atoms. The molecule has 0 aliphatic carbocycles. The molecule has 1 heterocycles. The molecule has 1 aromatic heterocycles. The number of rotatable bonds is 2. The van der Waals surface area contributed by atoms with Gasteiger partial charge in [0.25, 0.3) is 0 Å². The summed E-state index contributed by atoms with van der Waals surface area (Å²) in [7, 11) is 4.33. The molecule has 0 saturated heterocycles. The van der Waals surface area contributed by atoms with E-state index in [1.807, 2.05) is 11.3 Å². The van der Waals surface area contributed by atoms with E-state index >= 15 is 0 Å². The molecule has 0 bridgehead atoms. The van der Waals surface area contributed by atoms with Gasteiger partial charge in [-0.3, -0.25) is 0 Å². The van der Waals surface area contributed by atoms with Crippen LogP contribution in [0.25, 0.3) is 0 Å². The lowest BCUT2D eigenvalue weighted by molar-refractivity contribution is -0.872. The van der Waals surface area contributed by atoms with Crippen molar-refractivity contribution >= 4 is 11.3 Å². The van der Waals surface area contributed by atoms with Gasteiger partial charge < -0.3 is 28.9 Å². The first kappa shape index (κ1) is 10.4. The van der Waals surface area contributed by atoms with Crippen LogP contribution < -0.4 is 28.9 Å². The first-order valence-electron chi connectivity index (χ1n) is 3.10. The van der Waals surface area contributed by atoms with Gasteiger partial charge in [-0.15, -0.1) is 11.3 Å². The van der Waals surface area contributed by atoms with E-state index in [-0.39, 0.29) is 24.0 Å². The highest BCUT2D eigenvalue weighted by molar-refractivity contribution is 7.09. The third kappa shape index (κ3) is 3.53. The summed E-state index contributed by atoms with van der Waals surface area (Å²) in [6.07, 6.45) is 0. The Hall–Kier alpha value is 0.390. The van der Waals surface area contributed by atoms with E-state index in [4.69, 9.17) is 0 Å². The lowest BCUT2D eigenvalue weighted by atomic mass is 10.4. The first-order valence-corrected chi connectivity index (χ1v) is 3.98. The molecular weight excluding hydrogens is 257 g/mol. The van der Waals surface area contributed by atoms with E-state index in [1.165, 1.54) is 9.78 Å². The van der Waals surface area contributed by atoms with Crippen LogP contribution in [-0.2, 0) is 6.54 Å². The minimum absolute atomic E-state index is 0. The van der Waals surface area contributed by atoms with Gasteiger partial charge in [-0.2, -0.15) is 0 Å². The maximum absolute atomic E-state index is 2.18. The van der Waals surface area contributed by atoms with Gasteiger partial charge in [0.2, 0.25) is 0 Å². The molecule has 0 fully saturated rings. The van der Waals surface area contributed by atoms with Crippen molar-refractivity contribution in [3.8, 4) is 0 Å². The quantitative estimate of drug-likeness (QED) is 0.562. The van der Waals surface area contributed by atoms with E-state index in [0.29, 0.717) is 0 Å². The Morgan fingerprint density at radius 3 is 2.60 bits per heavy atom. The Labute approximate surface area is 83.1 Å². The van der Waals surface area contributed by atoms with Gasteiger partial charge in [0.15, 0.2) is 0 Å². The number of thiophene rings is 1. The fourth-order valence-electron chi connectivity index (χ4n) is 0.762. The van der Waals surface area contributed by atoms with Crippen molar-refractivity contribution in [3.63, 3.8) is 0 Å². The van der Waals surface area contributed by atoms with Gasteiger partial charge in [-0.25, -0.2) is 0 Å². The average molecular weight is 269 g/mol. The smallest absolute Gasteiger partial charge is 0.112 e. The van der Waals surface area contributed by atoms with Crippen molar-refractivity contribution in [1.82, 2.24) is 0 Å². The maximum atomic E-state index is 2.18. The molecule has 1 rings (SSSR count). The Morgan fingerprint density at radius 2 is 2.20 bits per heavy atom. The van der Waals surface area contributed by atoms with Crippen LogP contribution in [0, 0.1) is 0 Å². The van der Waals surface area contributed by atoms with Crippen LogP contribution in [-0.4, -0.2) is 14.1 Å². The third-order valence-corrected chi connectivity index (χ3v) is 1.98. The van der Waals surface area contributed by atoms with Crippen molar-refractivity contribution in [2.45, 2.75) is 6.54 Å². The zero-order valence-corrected chi connectivity index (χ0v) is 9.20. The van der Waals surface area contributed by atoms with Crippen molar-refractivity contribution in [2.24, 2.45) is 0 Å². The van der Waals surface area contributed by atoms with E-state index in [1.54, 1.807) is 0 Å². The normalized spacial score (nSPS) is 9.50. The largest absolute Gasteiger partial charge is 1.00 e. The molecular formula is C7H12INS. The summed E-state index contributed by atoms with van der Waals surface area (Å²) in [5.41, 5.74) is 0. The Morgan fingerprint density at radius 1 is 1.50 bits per heavy atom. The highest BCUT2D eigenvalue weighted by atomic mass is 127. The zero-order valence-electron chi connectivity index (χ0n) is 6.23. The average Bonchev–Trinajstić information content (AvgIpc) is 2.15. The van der Waals surface area contributed by atoms with Crippen molar-refractivity contribution in [3.05, 3.63) is 22.4 Å². The van der Waals surface area contributed by atoms with Crippen LogP contribution in [0.5, 0.6) is 0 Å². The van der Waals surface area contributed by atoms with Crippen LogP contribution in [0.2, 0.25) is 0 Å². The number of hydrogen-bond donors (Lipinski definition) is 1. The molecule has 0 aliphatic rings. The van der Waals surface area contributed by atoms with Gasteiger partial charge in [-0.1, -0.05) is 6.07 Å². The topological polar surface area (TPSA) is 4.44 Å². The lowest BCUT2D eigenvalue weighted by Crippen LogP contribution is -3.04. The minimum Gasteiger partial charge on any atom is -1.00 e. The highest BCUT2D eigenvalue weighted by Crippen LogP contribution is 2.05. The molecule has 0 radical (unpaired) electrons. The highest BCUT2D eigenvalue weighted by Gasteiger charge is 1.95. The van der Waals surface area contributed by atoms with Crippen LogP contribution in [0.4, 0.5) is 0 Å². The van der Waals surface area contributed by atoms with Crippen molar-refractivity contribution < 1.29 is 28.9 Å². The lowest BCUT2D eigenvalue weighted by Gasteiger charge is -2.02. The molecule has 0 unspecified atom stereocenters. The maximum Gasteiger partial charge on any atom is 0.112 e. The SMILES string of the molecule is C[NH+](C)Cc1cccs1.[I-]. The first-order chi connectivity index (χ1) is 4.29. The van der Waals surface area contributed by atoms with E-state index in [0.717, 1.165) is 6.54 Å². The Kier molecular flexibility index (Phi) is 5.29. The van der Waals surface area contributed by atoms with Crippen LogP contribution in [0.15, 0.2) is 17.5 Å². The standard InChI is InChI=1S/C7H11NS.HI/c1-8(2)6-7-4-3-5-9-7;/h3-5H,6H2,1-2H3;1H. The van der Waals surface area contributed by atoms with E-state index in [9.17, 15) is 0 Å². The van der Waals surface area contributed by atoms with Crippen molar-refractivity contribution in [1.29, 1.82) is 0 Å². The van der Waals surface area contributed by atoms with Crippen LogP contribution >= 0.6 is 11.3 Å². The summed E-state index contributed by atoms with van der Waals surface area (Å²) in [6, 6.07) is 4.28. The summed E-state index contributed by atoms with van der Waals surface area (Å²) < 4.78 is 0. The van der Waals surface area contributed by atoms with E-state index < -0.39 is 0 Å². The summed E-state index contributed by atoms with van der Waals surface area (Å²) in [6.45, 7) is 1.15. The molecule has 1 N–H and O–H groups in total. The molecule has 58 valence electrons. The second-order valence-electron chi connectivity index (χ2n) is 2.46. The number of halogens is 1. The second-order valence-corrected chi connectivity index (χ2v) is 3.50. The Balaban J connectivity index is 0.000000810. The molecule has 0 atom stereocenters. The Bertz CT molecular complexity index is 160. The third-order valence-electron chi connectivity index (χ3n) is 1.11. The molecule has 0 spiro atoms. The van der Waals surface area contributed by atoms with Gasteiger partial charge in [0.05, 0.1) is 19.0 Å². The molecule has 0 saturated carbocycles. The van der Waals surface area contributed by atoms with Gasteiger partial charge in [-0.05, 0) is 11.4 Å². The predicted molar refractivity (Wildman–Crippen MR) is 40.8 cm³/mol. The van der Waals surface area contributed by atoms with Crippen LogP contribution in [0.3, 0.4) is 0 Å². The molecule has 0 amide bonds. The monoisotopic (exact) mass is 269 g/mol. The fraction of sp³-hybridized carbons (Fsp3) is 0.429. The van der Waals surface area contributed by atoms with Gasteiger partial charge in [0, 0.05) is 0 Å². The summed E-state index contributed by atoms with van der Waals surface area (Å²) in [5, 5.41) is 2.12. The van der Waals surface area contributed by atoms with Crippen molar-refractivity contribution in [2.75, 3.05) is 14.1 Å². The molecule has 0 aromatic carbocycles. The number of quaternary nitrogens is 1. The fourth-order valence-corrected chi connectivity index (χ4v) is 1.62. The summed E-state index contributed by atoms with van der Waals surface area (Å²) in [4.78, 5) is 2.95. The number of nitrogens with one attached hydrogen (secondary N) is 1. The summed E-state index contributed by atoms with van der Waals surface area (Å²) in [5.74, 6) is 0. The molecule has 1 nitrogen and oxygen atoms in total. The van der Waals surface area contributed by atoms with Gasteiger partial charge >= 0.3 is 0 Å². The van der Waals surface area contributed by atoms with Crippen LogP contribution in [0.1, 0.15) is 4.88 Å². The molecule has 1 aromatic rings.